The Balaban J connectivity index is 1.80. The maximum Gasteiger partial charge on any atom is 0.331 e. The highest BCUT2D eigenvalue weighted by molar-refractivity contribution is 5.85. The van der Waals surface area contributed by atoms with E-state index in [-0.39, 0.29) is 11.7 Å². The van der Waals surface area contributed by atoms with Gasteiger partial charge in [-0.05, 0) is 12.5 Å². The molecule has 3 aromatic rings. The summed E-state index contributed by atoms with van der Waals surface area (Å²) in [5.74, 6) is 6.56. The van der Waals surface area contributed by atoms with Crippen molar-refractivity contribution in [3.8, 4) is 17.9 Å². The van der Waals surface area contributed by atoms with E-state index < -0.39 is 0 Å². The van der Waals surface area contributed by atoms with Crippen LogP contribution in [0.2, 0.25) is 0 Å². The average Bonchev–Trinajstić information content (AvgIpc) is 3.01. The summed E-state index contributed by atoms with van der Waals surface area (Å²) in [5.41, 5.74) is 2.13. The van der Waals surface area contributed by atoms with Crippen molar-refractivity contribution in [3.63, 3.8) is 0 Å². The number of ether oxygens (including phenoxy) is 1. The minimum Gasteiger partial charge on any atom is -0.458 e. The van der Waals surface area contributed by atoms with Crippen molar-refractivity contribution in [1.29, 1.82) is 0 Å². The molecule has 8 nitrogen and oxygen atoms in total. The van der Waals surface area contributed by atoms with Gasteiger partial charge in [0.2, 0.25) is 0 Å². The molecule has 0 unspecified atom stereocenters. The monoisotopic (exact) mass is 392 g/mol. The highest BCUT2D eigenvalue weighted by Gasteiger charge is 2.23. The third-order valence-corrected chi connectivity index (χ3v) is 4.97. The first-order valence-electron chi connectivity index (χ1n) is 9.68. The summed E-state index contributed by atoms with van der Waals surface area (Å²) in [7, 11) is 1.72. The lowest BCUT2D eigenvalue weighted by atomic mass is 10.2. The standard InChI is InChI=1S/C21H24N6O2/c1-3-4-12-27-17-18(25(2)21(27)28)23-20(29-15-16-8-6-5-7-9-16)24-19(17)26-13-10-22-11-14-26/h5-9,22H,10-15H2,1-2H3. The topological polar surface area (TPSA) is 77.2 Å². The molecular weight excluding hydrogens is 368 g/mol. The van der Waals surface area contributed by atoms with Gasteiger partial charge in [0.1, 0.15) is 12.1 Å². The summed E-state index contributed by atoms with van der Waals surface area (Å²) in [6.07, 6.45) is 0. The van der Waals surface area contributed by atoms with Gasteiger partial charge in [0, 0.05) is 33.2 Å². The third-order valence-electron chi connectivity index (χ3n) is 4.97. The smallest absolute Gasteiger partial charge is 0.331 e. The Hall–Kier alpha value is -3.31. The van der Waals surface area contributed by atoms with Crippen LogP contribution in [0.1, 0.15) is 12.5 Å². The third kappa shape index (κ3) is 3.82. The second-order valence-corrected chi connectivity index (χ2v) is 6.87. The molecule has 0 spiro atoms. The van der Waals surface area contributed by atoms with Gasteiger partial charge >= 0.3 is 11.7 Å². The molecule has 4 rings (SSSR count). The average molecular weight is 392 g/mol. The van der Waals surface area contributed by atoms with E-state index in [1.165, 1.54) is 4.57 Å². The fraction of sp³-hybridized carbons (Fsp3) is 0.381. The molecule has 1 saturated heterocycles. The van der Waals surface area contributed by atoms with Crippen molar-refractivity contribution < 1.29 is 4.74 Å². The molecule has 0 amide bonds. The summed E-state index contributed by atoms with van der Waals surface area (Å²) >= 11 is 0. The lowest BCUT2D eigenvalue weighted by Gasteiger charge is -2.29. The van der Waals surface area contributed by atoms with E-state index in [2.05, 4.69) is 27.0 Å². The molecule has 0 atom stereocenters. The van der Waals surface area contributed by atoms with E-state index >= 15 is 0 Å². The Morgan fingerprint density at radius 2 is 1.93 bits per heavy atom. The molecule has 1 N–H and O–H groups in total. The number of aromatic nitrogens is 4. The molecule has 29 heavy (non-hydrogen) atoms. The molecule has 1 aromatic carbocycles. The van der Waals surface area contributed by atoms with E-state index in [9.17, 15) is 4.79 Å². The minimum atomic E-state index is -0.159. The number of fused-ring (bicyclic) bond motifs is 1. The van der Waals surface area contributed by atoms with Gasteiger partial charge in [-0.1, -0.05) is 36.3 Å². The summed E-state index contributed by atoms with van der Waals surface area (Å²) in [6, 6.07) is 10.1. The second kappa shape index (κ2) is 8.37. The minimum absolute atomic E-state index is 0.159. The predicted octanol–water partition coefficient (Wildman–Crippen LogP) is 1.14. The zero-order valence-electron chi connectivity index (χ0n) is 16.7. The molecule has 1 aliphatic rings. The van der Waals surface area contributed by atoms with E-state index in [0.29, 0.717) is 24.3 Å². The highest BCUT2D eigenvalue weighted by atomic mass is 16.5. The van der Waals surface area contributed by atoms with Crippen LogP contribution in [0, 0.1) is 11.8 Å². The van der Waals surface area contributed by atoms with Crippen LogP contribution >= 0.6 is 0 Å². The van der Waals surface area contributed by atoms with Crippen LogP contribution < -0.4 is 20.6 Å². The number of nitrogens with one attached hydrogen (secondary N) is 1. The van der Waals surface area contributed by atoms with Crippen molar-refractivity contribution in [2.24, 2.45) is 7.05 Å². The van der Waals surface area contributed by atoms with Crippen LogP contribution in [0.4, 0.5) is 5.82 Å². The number of imidazole rings is 1. The first-order valence-corrected chi connectivity index (χ1v) is 9.68. The van der Waals surface area contributed by atoms with E-state index in [4.69, 9.17) is 9.72 Å². The van der Waals surface area contributed by atoms with Gasteiger partial charge in [-0.15, -0.1) is 5.92 Å². The molecular formula is C21H24N6O2. The van der Waals surface area contributed by atoms with Crippen LogP contribution in [0.5, 0.6) is 6.01 Å². The van der Waals surface area contributed by atoms with Gasteiger partial charge in [0.15, 0.2) is 11.5 Å². The van der Waals surface area contributed by atoms with Gasteiger partial charge in [-0.25, -0.2) is 4.79 Å². The van der Waals surface area contributed by atoms with Crippen molar-refractivity contribution in [3.05, 3.63) is 46.4 Å². The zero-order chi connectivity index (χ0) is 20.2. The van der Waals surface area contributed by atoms with Gasteiger partial charge in [0.05, 0.1) is 6.54 Å². The molecule has 0 aliphatic carbocycles. The molecule has 150 valence electrons. The molecule has 0 saturated carbocycles. The Morgan fingerprint density at radius 3 is 2.66 bits per heavy atom. The van der Waals surface area contributed by atoms with Crippen molar-refractivity contribution in [1.82, 2.24) is 24.4 Å². The first-order chi connectivity index (χ1) is 14.2. The first kappa shape index (κ1) is 19.0. The van der Waals surface area contributed by atoms with Crippen molar-refractivity contribution in [2.45, 2.75) is 20.1 Å². The van der Waals surface area contributed by atoms with Crippen molar-refractivity contribution in [2.75, 3.05) is 31.1 Å². The summed E-state index contributed by atoms with van der Waals surface area (Å²) < 4.78 is 9.08. The van der Waals surface area contributed by atoms with Gasteiger partial charge in [0.25, 0.3) is 0 Å². The summed E-state index contributed by atoms with van der Waals surface area (Å²) in [6.45, 7) is 5.75. The largest absolute Gasteiger partial charge is 0.458 e. The number of hydrogen-bond acceptors (Lipinski definition) is 6. The quantitative estimate of drug-likeness (QED) is 0.657. The molecule has 8 heteroatoms. The van der Waals surface area contributed by atoms with Gasteiger partial charge in [-0.2, -0.15) is 9.97 Å². The van der Waals surface area contributed by atoms with Crippen LogP contribution in [0.25, 0.3) is 11.2 Å². The molecule has 2 aromatic heterocycles. The molecule has 0 bridgehead atoms. The van der Waals surface area contributed by atoms with Gasteiger partial charge in [-0.3, -0.25) is 9.13 Å². The Morgan fingerprint density at radius 1 is 1.17 bits per heavy atom. The SMILES string of the molecule is CC#CCn1c(=O)n(C)c2nc(OCc3ccccc3)nc(N3CCNCC3)c21. The fourth-order valence-corrected chi connectivity index (χ4v) is 3.44. The number of rotatable bonds is 5. The molecule has 3 heterocycles. The number of piperazine rings is 1. The maximum atomic E-state index is 12.8. The predicted molar refractivity (Wildman–Crippen MR) is 112 cm³/mol. The zero-order valence-corrected chi connectivity index (χ0v) is 16.7. The van der Waals surface area contributed by atoms with Crippen LogP contribution in [-0.4, -0.2) is 45.3 Å². The lowest BCUT2D eigenvalue weighted by Crippen LogP contribution is -2.44. The van der Waals surface area contributed by atoms with Gasteiger partial charge < -0.3 is 15.0 Å². The summed E-state index contributed by atoms with van der Waals surface area (Å²) in [5, 5.41) is 3.35. The second-order valence-electron chi connectivity index (χ2n) is 6.87. The summed E-state index contributed by atoms with van der Waals surface area (Å²) in [4.78, 5) is 24.3. The Kier molecular flexibility index (Phi) is 5.49. The number of benzene rings is 1. The Labute approximate surface area is 169 Å². The molecule has 0 radical (unpaired) electrons. The van der Waals surface area contributed by atoms with Crippen LogP contribution in [0.3, 0.4) is 0 Å². The van der Waals surface area contributed by atoms with Crippen LogP contribution in [0.15, 0.2) is 35.1 Å². The number of aryl methyl sites for hydroxylation is 1. The van der Waals surface area contributed by atoms with E-state index in [1.54, 1.807) is 18.5 Å². The van der Waals surface area contributed by atoms with E-state index in [1.807, 2.05) is 30.3 Å². The number of anilines is 1. The number of nitrogens with zero attached hydrogens (tertiary/aromatic N) is 5. The highest BCUT2D eigenvalue weighted by Crippen LogP contribution is 2.26. The lowest BCUT2D eigenvalue weighted by molar-refractivity contribution is 0.281. The number of hydrogen-bond donors (Lipinski definition) is 1. The maximum absolute atomic E-state index is 12.8. The fourth-order valence-electron chi connectivity index (χ4n) is 3.44. The Bertz CT molecular complexity index is 1120. The molecule has 1 aliphatic heterocycles. The van der Waals surface area contributed by atoms with Crippen molar-refractivity contribution >= 4 is 17.0 Å². The van der Waals surface area contributed by atoms with E-state index in [0.717, 1.165) is 37.6 Å². The molecule has 1 fully saturated rings. The normalized spacial score (nSPS) is 13.9. The van der Waals surface area contributed by atoms with Crippen LogP contribution in [-0.2, 0) is 20.2 Å².